The van der Waals surface area contributed by atoms with Gasteiger partial charge in [-0.2, -0.15) is 5.10 Å². The molecule has 5 heteroatoms. The fraction of sp³-hybridized carbons (Fsp3) is 0.636. The molecule has 0 spiro atoms. The number of aromatic nitrogens is 2. The van der Waals surface area contributed by atoms with Gasteiger partial charge in [0.15, 0.2) is 0 Å². The van der Waals surface area contributed by atoms with E-state index in [1.807, 2.05) is 20.8 Å². The highest BCUT2D eigenvalue weighted by molar-refractivity contribution is 5.93. The molecule has 0 saturated heterocycles. The van der Waals surface area contributed by atoms with E-state index in [0.717, 1.165) is 0 Å². The second-order valence-electron chi connectivity index (χ2n) is 5.03. The number of carbonyl (C=O) groups is 1. The van der Waals surface area contributed by atoms with Crippen molar-refractivity contribution >= 4 is 5.91 Å². The van der Waals surface area contributed by atoms with Gasteiger partial charge in [-0.25, -0.2) is 0 Å². The van der Waals surface area contributed by atoms with Crippen molar-refractivity contribution in [1.82, 2.24) is 15.1 Å². The minimum Gasteiger partial charge on any atom is -0.347 e. The van der Waals surface area contributed by atoms with Gasteiger partial charge in [0.05, 0.1) is 11.8 Å². The monoisotopic (exact) mass is 224 g/mol. The third-order valence-electron chi connectivity index (χ3n) is 2.55. The van der Waals surface area contributed by atoms with Gasteiger partial charge in [-0.05, 0) is 5.41 Å². The van der Waals surface area contributed by atoms with Gasteiger partial charge >= 0.3 is 0 Å². The standard InChI is InChI=1S/C11H20N4O/c1-11(2,3)9(5-12)14-10(16)8-6-13-15(4)7-8/h6-7,9H,5,12H2,1-4H3,(H,14,16). The number of nitrogens with two attached hydrogens (primary N) is 1. The van der Waals surface area contributed by atoms with Crippen LogP contribution in [0.2, 0.25) is 0 Å². The Balaban J connectivity index is 2.70. The lowest BCUT2D eigenvalue weighted by molar-refractivity contribution is 0.0905. The van der Waals surface area contributed by atoms with Crippen LogP contribution in [0.1, 0.15) is 31.1 Å². The predicted octanol–water partition coefficient (Wildman–Crippen LogP) is 0.523. The van der Waals surface area contributed by atoms with E-state index < -0.39 is 0 Å². The Morgan fingerprint density at radius 3 is 2.62 bits per heavy atom. The van der Waals surface area contributed by atoms with E-state index >= 15 is 0 Å². The van der Waals surface area contributed by atoms with Crippen LogP contribution in [0.3, 0.4) is 0 Å². The molecule has 0 radical (unpaired) electrons. The van der Waals surface area contributed by atoms with Gasteiger partial charge in [0.2, 0.25) is 0 Å². The largest absolute Gasteiger partial charge is 0.347 e. The van der Waals surface area contributed by atoms with Crippen molar-refractivity contribution < 1.29 is 4.79 Å². The molecule has 1 rings (SSSR count). The molecule has 0 aliphatic carbocycles. The van der Waals surface area contributed by atoms with E-state index in [9.17, 15) is 4.79 Å². The maximum atomic E-state index is 11.9. The van der Waals surface area contributed by atoms with Crippen LogP contribution in [0.15, 0.2) is 12.4 Å². The number of rotatable bonds is 3. The van der Waals surface area contributed by atoms with Crippen LogP contribution in [0.4, 0.5) is 0 Å². The first-order valence-corrected chi connectivity index (χ1v) is 5.34. The van der Waals surface area contributed by atoms with Crippen molar-refractivity contribution in [3.05, 3.63) is 18.0 Å². The molecule has 0 fully saturated rings. The first-order chi connectivity index (χ1) is 7.34. The Bertz CT molecular complexity index is 364. The summed E-state index contributed by atoms with van der Waals surface area (Å²) >= 11 is 0. The normalized spacial score (nSPS) is 13.6. The third kappa shape index (κ3) is 3.06. The second kappa shape index (κ2) is 4.65. The fourth-order valence-electron chi connectivity index (χ4n) is 1.41. The lowest BCUT2D eigenvalue weighted by Crippen LogP contribution is -2.48. The number of hydrogen-bond acceptors (Lipinski definition) is 3. The van der Waals surface area contributed by atoms with Crippen molar-refractivity contribution in [3.8, 4) is 0 Å². The lowest BCUT2D eigenvalue weighted by atomic mass is 9.86. The Morgan fingerprint density at radius 2 is 2.25 bits per heavy atom. The lowest BCUT2D eigenvalue weighted by Gasteiger charge is -2.30. The summed E-state index contributed by atoms with van der Waals surface area (Å²) in [6.07, 6.45) is 3.23. The highest BCUT2D eigenvalue weighted by Gasteiger charge is 2.25. The minimum atomic E-state index is -0.126. The molecule has 0 aliphatic rings. The molecular formula is C11H20N4O. The van der Waals surface area contributed by atoms with Gasteiger partial charge in [0, 0.05) is 25.8 Å². The fourth-order valence-corrected chi connectivity index (χ4v) is 1.41. The number of carbonyl (C=O) groups excluding carboxylic acids is 1. The molecule has 1 heterocycles. The van der Waals surface area contributed by atoms with Gasteiger partial charge in [-0.15, -0.1) is 0 Å². The smallest absolute Gasteiger partial charge is 0.254 e. The highest BCUT2D eigenvalue weighted by atomic mass is 16.1. The van der Waals surface area contributed by atoms with Crippen LogP contribution >= 0.6 is 0 Å². The maximum absolute atomic E-state index is 11.9. The topological polar surface area (TPSA) is 72.9 Å². The molecule has 1 unspecified atom stereocenters. The van der Waals surface area contributed by atoms with Crippen molar-refractivity contribution in [2.45, 2.75) is 26.8 Å². The zero-order valence-electron chi connectivity index (χ0n) is 10.3. The molecule has 1 atom stereocenters. The number of aryl methyl sites for hydroxylation is 1. The molecular weight excluding hydrogens is 204 g/mol. The summed E-state index contributed by atoms with van der Waals surface area (Å²) in [6.45, 7) is 6.58. The first kappa shape index (κ1) is 12.7. The van der Waals surface area contributed by atoms with Crippen LogP contribution in [0.5, 0.6) is 0 Å². The van der Waals surface area contributed by atoms with Crippen LogP contribution in [0, 0.1) is 5.41 Å². The number of nitrogens with one attached hydrogen (secondary N) is 1. The van der Waals surface area contributed by atoms with Crippen LogP contribution in [-0.4, -0.2) is 28.3 Å². The van der Waals surface area contributed by atoms with Crippen LogP contribution in [0.25, 0.3) is 0 Å². The molecule has 0 aliphatic heterocycles. The van der Waals surface area contributed by atoms with E-state index in [1.54, 1.807) is 24.1 Å². The SMILES string of the molecule is Cn1cc(C(=O)NC(CN)C(C)(C)C)cn1. The maximum Gasteiger partial charge on any atom is 0.254 e. The molecule has 16 heavy (non-hydrogen) atoms. The average Bonchev–Trinajstić information content (AvgIpc) is 2.59. The van der Waals surface area contributed by atoms with Crippen LogP contribution < -0.4 is 11.1 Å². The first-order valence-electron chi connectivity index (χ1n) is 5.34. The molecule has 1 aromatic rings. The van der Waals surface area contributed by atoms with E-state index in [0.29, 0.717) is 12.1 Å². The molecule has 1 aromatic heterocycles. The van der Waals surface area contributed by atoms with Crippen molar-refractivity contribution in [2.75, 3.05) is 6.54 Å². The minimum absolute atomic E-state index is 0.0415. The second-order valence-corrected chi connectivity index (χ2v) is 5.03. The summed E-state index contributed by atoms with van der Waals surface area (Å²) in [5.41, 5.74) is 6.17. The molecule has 90 valence electrons. The number of amides is 1. The molecule has 3 N–H and O–H groups in total. The third-order valence-corrected chi connectivity index (χ3v) is 2.55. The summed E-state index contributed by atoms with van der Waals surface area (Å²) in [5.74, 6) is -0.126. The summed E-state index contributed by atoms with van der Waals surface area (Å²) in [5, 5.41) is 6.88. The van der Waals surface area contributed by atoms with E-state index in [1.165, 1.54) is 0 Å². The quantitative estimate of drug-likeness (QED) is 0.786. The zero-order chi connectivity index (χ0) is 12.3. The van der Waals surface area contributed by atoms with E-state index in [-0.39, 0.29) is 17.4 Å². The van der Waals surface area contributed by atoms with E-state index in [4.69, 9.17) is 5.73 Å². The zero-order valence-corrected chi connectivity index (χ0v) is 10.3. The van der Waals surface area contributed by atoms with Crippen molar-refractivity contribution in [1.29, 1.82) is 0 Å². The summed E-state index contributed by atoms with van der Waals surface area (Å²) < 4.78 is 1.60. The van der Waals surface area contributed by atoms with Crippen molar-refractivity contribution in [3.63, 3.8) is 0 Å². The predicted molar refractivity (Wildman–Crippen MR) is 63.0 cm³/mol. The summed E-state index contributed by atoms with van der Waals surface area (Å²) in [7, 11) is 1.78. The molecule has 1 amide bonds. The molecule has 0 aromatic carbocycles. The van der Waals surface area contributed by atoms with Crippen molar-refractivity contribution in [2.24, 2.45) is 18.2 Å². The Labute approximate surface area is 96.0 Å². The van der Waals surface area contributed by atoms with Gasteiger partial charge < -0.3 is 11.1 Å². The summed E-state index contributed by atoms with van der Waals surface area (Å²) in [6, 6.07) is -0.0415. The molecule has 0 bridgehead atoms. The van der Waals surface area contributed by atoms with Gasteiger partial charge in [0.25, 0.3) is 5.91 Å². The molecule has 0 saturated carbocycles. The Kier molecular flexibility index (Phi) is 3.70. The van der Waals surface area contributed by atoms with Gasteiger partial charge in [-0.3, -0.25) is 9.48 Å². The Morgan fingerprint density at radius 1 is 1.62 bits per heavy atom. The highest BCUT2D eigenvalue weighted by Crippen LogP contribution is 2.18. The average molecular weight is 224 g/mol. The number of nitrogens with zero attached hydrogens (tertiary/aromatic N) is 2. The van der Waals surface area contributed by atoms with Gasteiger partial charge in [-0.1, -0.05) is 20.8 Å². The Hall–Kier alpha value is -1.36. The number of hydrogen-bond donors (Lipinski definition) is 2. The van der Waals surface area contributed by atoms with Crippen LogP contribution in [-0.2, 0) is 7.05 Å². The van der Waals surface area contributed by atoms with Gasteiger partial charge in [0.1, 0.15) is 0 Å². The van der Waals surface area contributed by atoms with E-state index in [2.05, 4.69) is 10.4 Å². The molecule has 5 nitrogen and oxygen atoms in total. The summed E-state index contributed by atoms with van der Waals surface area (Å²) in [4.78, 5) is 11.9.